The summed E-state index contributed by atoms with van der Waals surface area (Å²) < 4.78 is 35.5. The summed E-state index contributed by atoms with van der Waals surface area (Å²) in [6.07, 6.45) is 19.3. The first-order valence-electron chi connectivity index (χ1n) is 12.9. The van der Waals surface area contributed by atoms with Gasteiger partial charge in [0, 0.05) is 0 Å². The predicted molar refractivity (Wildman–Crippen MR) is 142 cm³/mol. The molecule has 2 aromatic carbocycles. The SMILES string of the molecule is CCCCCCCCCCCCCCCCc1cccc(S(=O)(=O)[O-])c1Pc1ccccc1.[Na+]. The Morgan fingerprint density at radius 3 is 1.68 bits per heavy atom. The molecule has 0 N–H and O–H groups in total. The van der Waals surface area contributed by atoms with Gasteiger partial charge < -0.3 is 4.55 Å². The molecular weight excluding hydrogens is 470 g/mol. The van der Waals surface area contributed by atoms with Gasteiger partial charge in [0.05, 0.1) is 4.90 Å². The summed E-state index contributed by atoms with van der Waals surface area (Å²) in [5.74, 6) is 0. The van der Waals surface area contributed by atoms with Crippen LogP contribution in [0.15, 0.2) is 53.4 Å². The van der Waals surface area contributed by atoms with Gasteiger partial charge in [0.1, 0.15) is 10.1 Å². The second-order valence-corrected chi connectivity index (χ2v) is 11.8. The molecule has 1 unspecified atom stereocenters. The molecule has 0 bridgehead atoms. The van der Waals surface area contributed by atoms with Crippen LogP contribution in [0.3, 0.4) is 0 Å². The summed E-state index contributed by atoms with van der Waals surface area (Å²) in [5, 5.41) is 1.75. The second-order valence-electron chi connectivity index (χ2n) is 9.08. The van der Waals surface area contributed by atoms with Crippen LogP contribution in [0.5, 0.6) is 0 Å². The van der Waals surface area contributed by atoms with Crippen molar-refractivity contribution in [2.24, 2.45) is 0 Å². The molecule has 0 aromatic heterocycles. The minimum Gasteiger partial charge on any atom is -0.744 e. The molecule has 0 fully saturated rings. The van der Waals surface area contributed by atoms with Crippen molar-refractivity contribution in [1.29, 1.82) is 0 Å². The van der Waals surface area contributed by atoms with Gasteiger partial charge in [0.25, 0.3) is 0 Å². The Bertz CT molecular complexity index is 888. The van der Waals surface area contributed by atoms with Crippen LogP contribution in [0.25, 0.3) is 0 Å². The molecule has 1 atom stereocenters. The molecule has 184 valence electrons. The molecule has 0 aliphatic heterocycles. The van der Waals surface area contributed by atoms with Gasteiger partial charge in [-0.3, -0.25) is 0 Å². The van der Waals surface area contributed by atoms with Crippen LogP contribution in [-0.2, 0) is 16.5 Å². The number of rotatable bonds is 18. The quantitative estimate of drug-likeness (QED) is 0.130. The molecule has 6 heteroatoms. The average Bonchev–Trinajstić information content (AvgIpc) is 2.80. The van der Waals surface area contributed by atoms with E-state index in [0.29, 0.717) is 5.30 Å². The number of hydrogen-bond acceptors (Lipinski definition) is 3. The molecule has 34 heavy (non-hydrogen) atoms. The Hall–Kier alpha value is -0.220. The van der Waals surface area contributed by atoms with E-state index in [9.17, 15) is 13.0 Å². The molecule has 2 aromatic rings. The first-order chi connectivity index (χ1) is 16.0. The van der Waals surface area contributed by atoms with Crippen LogP contribution in [0, 0.1) is 0 Å². The first kappa shape index (κ1) is 31.8. The van der Waals surface area contributed by atoms with Crippen LogP contribution < -0.4 is 40.2 Å². The standard InChI is InChI=1S/C28H43O3PS.Na/c1-2-3-4-5-6-7-8-9-10-11-12-13-14-16-20-25-21-19-24-27(33(29,30)31)28(25)32-26-22-17-15-18-23-26;/h15,17-19,21-24,32H,2-14,16,20H2,1H3,(H,29,30,31);/q;+1/p-1. The maximum absolute atomic E-state index is 11.8. The first-order valence-corrected chi connectivity index (χ1v) is 15.3. The van der Waals surface area contributed by atoms with E-state index >= 15 is 0 Å². The molecule has 0 saturated heterocycles. The zero-order chi connectivity index (χ0) is 23.8. The summed E-state index contributed by atoms with van der Waals surface area (Å²) in [7, 11) is -4.30. The monoisotopic (exact) mass is 512 g/mol. The van der Waals surface area contributed by atoms with E-state index in [-0.39, 0.29) is 43.0 Å². The topological polar surface area (TPSA) is 57.2 Å². The molecule has 0 aliphatic rings. The van der Waals surface area contributed by atoms with Gasteiger partial charge in [-0.15, -0.1) is 0 Å². The van der Waals surface area contributed by atoms with Gasteiger partial charge in [-0.25, -0.2) is 8.42 Å². The van der Waals surface area contributed by atoms with Gasteiger partial charge in [-0.05, 0) is 35.1 Å². The molecule has 3 nitrogen and oxygen atoms in total. The van der Waals surface area contributed by atoms with Crippen LogP contribution in [0.4, 0.5) is 0 Å². The van der Waals surface area contributed by atoms with Crippen molar-refractivity contribution < 1.29 is 42.5 Å². The van der Waals surface area contributed by atoms with E-state index in [2.05, 4.69) is 6.92 Å². The third kappa shape index (κ3) is 13.2. The van der Waals surface area contributed by atoms with Crippen LogP contribution in [0.2, 0.25) is 0 Å². The van der Waals surface area contributed by atoms with Crippen LogP contribution in [0.1, 0.15) is 102 Å². The Labute approximate surface area is 232 Å². The molecule has 0 saturated carbocycles. The Balaban J connectivity index is 0.00000578. The van der Waals surface area contributed by atoms with E-state index < -0.39 is 10.1 Å². The fourth-order valence-electron chi connectivity index (χ4n) is 4.31. The van der Waals surface area contributed by atoms with Gasteiger partial charge >= 0.3 is 29.6 Å². The zero-order valence-corrected chi connectivity index (χ0v) is 25.2. The molecule has 0 radical (unpaired) electrons. The van der Waals surface area contributed by atoms with Gasteiger partial charge in [-0.1, -0.05) is 141 Å². The molecule has 0 aliphatic carbocycles. The van der Waals surface area contributed by atoms with Crippen molar-refractivity contribution >= 4 is 29.3 Å². The van der Waals surface area contributed by atoms with Crippen molar-refractivity contribution in [3.8, 4) is 0 Å². The minimum absolute atomic E-state index is 0. The largest absolute Gasteiger partial charge is 1.00 e. The molecule has 0 amide bonds. The Morgan fingerprint density at radius 1 is 0.676 bits per heavy atom. The van der Waals surface area contributed by atoms with E-state index in [0.717, 1.165) is 30.1 Å². The van der Waals surface area contributed by atoms with Crippen LogP contribution >= 0.6 is 8.58 Å². The maximum Gasteiger partial charge on any atom is 1.00 e. The summed E-state index contributed by atoms with van der Waals surface area (Å²) in [5.41, 5.74) is 1.01. The zero-order valence-electron chi connectivity index (χ0n) is 21.4. The fourth-order valence-corrected chi connectivity index (χ4v) is 6.69. The smallest absolute Gasteiger partial charge is 0.744 e. The van der Waals surface area contributed by atoms with Crippen molar-refractivity contribution in [2.75, 3.05) is 0 Å². The normalized spacial score (nSPS) is 11.7. The van der Waals surface area contributed by atoms with Gasteiger partial charge in [0.15, 0.2) is 0 Å². The second kappa shape index (κ2) is 19.0. The van der Waals surface area contributed by atoms with Crippen molar-refractivity contribution in [2.45, 2.75) is 108 Å². The fraction of sp³-hybridized carbons (Fsp3) is 0.571. The molecule has 2 rings (SSSR count). The number of benzene rings is 2. The van der Waals surface area contributed by atoms with Gasteiger partial charge in [0.2, 0.25) is 0 Å². The summed E-state index contributed by atoms with van der Waals surface area (Å²) in [4.78, 5) is -0.0486. The summed E-state index contributed by atoms with van der Waals surface area (Å²) >= 11 is 0. The number of unbranched alkanes of at least 4 members (excludes halogenated alkanes) is 13. The van der Waals surface area contributed by atoms with E-state index in [4.69, 9.17) is 0 Å². The number of hydrogen-bond donors (Lipinski definition) is 0. The van der Waals surface area contributed by atoms with E-state index in [1.54, 1.807) is 6.07 Å². The van der Waals surface area contributed by atoms with E-state index in [1.807, 2.05) is 36.4 Å². The number of aryl methyl sites for hydroxylation is 1. The Morgan fingerprint density at radius 2 is 1.18 bits per heavy atom. The maximum atomic E-state index is 11.8. The minimum atomic E-state index is -4.48. The van der Waals surface area contributed by atoms with Gasteiger partial charge in [-0.2, -0.15) is 0 Å². The Kier molecular flexibility index (Phi) is 17.7. The van der Waals surface area contributed by atoms with Crippen molar-refractivity contribution in [3.05, 3.63) is 54.1 Å². The molecular formula is C28H42NaO3PS. The van der Waals surface area contributed by atoms with Crippen molar-refractivity contribution in [3.63, 3.8) is 0 Å². The summed E-state index contributed by atoms with van der Waals surface area (Å²) in [6, 6.07) is 15.0. The van der Waals surface area contributed by atoms with E-state index in [1.165, 1.54) is 83.1 Å². The van der Waals surface area contributed by atoms with Crippen LogP contribution in [-0.4, -0.2) is 13.0 Å². The van der Waals surface area contributed by atoms with Crippen molar-refractivity contribution in [1.82, 2.24) is 0 Å². The predicted octanol–water partition coefficient (Wildman–Crippen LogP) is 4.25. The molecule has 0 spiro atoms. The third-order valence-corrected chi connectivity index (χ3v) is 8.75. The molecule has 0 heterocycles. The summed E-state index contributed by atoms with van der Waals surface area (Å²) in [6.45, 7) is 2.27. The average molecular weight is 513 g/mol. The third-order valence-electron chi connectivity index (χ3n) is 6.22.